The van der Waals surface area contributed by atoms with E-state index in [1.165, 1.54) is 7.11 Å². The van der Waals surface area contributed by atoms with E-state index in [1.807, 2.05) is 6.07 Å². The fourth-order valence-corrected chi connectivity index (χ4v) is 2.56. The molecule has 0 radical (unpaired) electrons. The van der Waals surface area contributed by atoms with Crippen LogP contribution in [0.5, 0.6) is 11.5 Å². The number of benzene rings is 1. The standard InChI is InChI=1S/C14H15N3O3/c1-17-14-10(7-15-17)9(6-13(19)16-14)8-3-4-12(20-2)11(18)5-8/h3-5,7,9,18H,6H2,1-2H3,(H,16,19)/t9-/m1/s1. The number of nitrogens with one attached hydrogen (secondary N) is 1. The Balaban J connectivity index is 2.06. The number of phenolic OH excluding ortho intramolecular Hbond substituents is 1. The maximum Gasteiger partial charge on any atom is 0.226 e. The summed E-state index contributed by atoms with van der Waals surface area (Å²) in [6, 6.07) is 5.20. The van der Waals surface area contributed by atoms with Crippen molar-refractivity contribution in [3.05, 3.63) is 35.5 Å². The second kappa shape index (κ2) is 4.56. The van der Waals surface area contributed by atoms with E-state index in [0.29, 0.717) is 18.0 Å². The SMILES string of the molecule is COc1ccc([C@H]2CC(=O)Nc3c2cnn3C)cc1O. The zero-order valence-electron chi connectivity index (χ0n) is 11.3. The van der Waals surface area contributed by atoms with E-state index in [9.17, 15) is 9.90 Å². The van der Waals surface area contributed by atoms with Gasteiger partial charge in [0.25, 0.3) is 0 Å². The number of aromatic nitrogens is 2. The number of hydrogen-bond acceptors (Lipinski definition) is 4. The summed E-state index contributed by atoms with van der Waals surface area (Å²) in [5.41, 5.74) is 1.82. The van der Waals surface area contributed by atoms with Gasteiger partial charge in [0.15, 0.2) is 11.5 Å². The molecule has 1 atom stereocenters. The van der Waals surface area contributed by atoms with Crippen molar-refractivity contribution < 1.29 is 14.6 Å². The summed E-state index contributed by atoms with van der Waals surface area (Å²) in [5, 5.41) is 16.9. The molecule has 104 valence electrons. The second-order valence-corrected chi connectivity index (χ2v) is 4.81. The quantitative estimate of drug-likeness (QED) is 0.871. The van der Waals surface area contributed by atoms with Gasteiger partial charge in [-0.15, -0.1) is 0 Å². The van der Waals surface area contributed by atoms with Gasteiger partial charge in [-0.1, -0.05) is 6.07 Å². The fraction of sp³-hybridized carbons (Fsp3) is 0.286. The number of methoxy groups -OCH3 is 1. The van der Waals surface area contributed by atoms with Crippen LogP contribution < -0.4 is 10.1 Å². The lowest BCUT2D eigenvalue weighted by atomic mass is 9.87. The first-order chi connectivity index (χ1) is 9.60. The van der Waals surface area contributed by atoms with Crippen LogP contribution in [0.1, 0.15) is 23.5 Å². The number of aryl methyl sites for hydroxylation is 1. The molecule has 1 aliphatic heterocycles. The van der Waals surface area contributed by atoms with E-state index in [2.05, 4.69) is 10.4 Å². The normalized spacial score (nSPS) is 17.5. The lowest BCUT2D eigenvalue weighted by Gasteiger charge is -2.23. The van der Waals surface area contributed by atoms with E-state index in [4.69, 9.17) is 4.74 Å². The molecule has 0 saturated heterocycles. The van der Waals surface area contributed by atoms with Gasteiger partial charge >= 0.3 is 0 Å². The van der Waals surface area contributed by atoms with E-state index in [-0.39, 0.29) is 17.6 Å². The summed E-state index contributed by atoms with van der Waals surface area (Å²) in [6.45, 7) is 0. The van der Waals surface area contributed by atoms with Gasteiger partial charge in [0, 0.05) is 24.9 Å². The van der Waals surface area contributed by atoms with Gasteiger partial charge in [0.2, 0.25) is 5.91 Å². The summed E-state index contributed by atoms with van der Waals surface area (Å²) < 4.78 is 6.68. The van der Waals surface area contributed by atoms with Crippen molar-refractivity contribution in [1.29, 1.82) is 0 Å². The van der Waals surface area contributed by atoms with Crippen molar-refractivity contribution >= 4 is 11.7 Å². The number of rotatable bonds is 2. The van der Waals surface area contributed by atoms with Crippen molar-refractivity contribution in [2.45, 2.75) is 12.3 Å². The zero-order chi connectivity index (χ0) is 14.3. The number of phenols is 1. The topological polar surface area (TPSA) is 76.4 Å². The molecule has 0 bridgehead atoms. The van der Waals surface area contributed by atoms with Crippen molar-refractivity contribution in [3.8, 4) is 11.5 Å². The van der Waals surface area contributed by atoms with Gasteiger partial charge in [-0.25, -0.2) is 0 Å². The van der Waals surface area contributed by atoms with Crippen molar-refractivity contribution in [1.82, 2.24) is 9.78 Å². The molecule has 1 aromatic carbocycles. The maximum absolute atomic E-state index is 11.8. The van der Waals surface area contributed by atoms with Crippen molar-refractivity contribution in [2.75, 3.05) is 12.4 Å². The highest BCUT2D eigenvalue weighted by Crippen LogP contribution is 2.39. The molecular weight excluding hydrogens is 258 g/mol. The van der Waals surface area contributed by atoms with Crippen molar-refractivity contribution in [2.24, 2.45) is 7.05 Å². The van der Waals surface area contributed by atoms with Gasteiger partial charge in [-0.05, 0) is 17.7 Å². The van der Waals surface area contributed by atoms with Crippen LogP contribution >= 0.6 is 0 Å². The number of ether oxygens (including phenoxy) is 1. The highest BCUT2D eigenvalue weighted by molar-refractivity contribution is 5.94. The van der Waals surface area contributed by atoms with Crippen LogP contribution in [0, 0.1) is 0 Å². The smallest absolute Gasteiger partial charge is 0.226 e. The Kier molecular flexibility index (Phi) is 2.85. The van der Waals surface area contributed by atoms with Gasteiger partial charge < -0.3 is 15.2 Å². The number of carbonyl (C=O) groups is 1. The summed E-state index contributed by atoms with van der Waals surface area (Å²) in [7, 11) is 3.29. The number of carbonyl (C=O) groups excluding carboxylic acids is 1. The average Bonchev–Trinajstić information content (AvgIpc) is 2.79. The number of amides is 1. The first-order valence-corrected chi connectivity index (χ1v) is 6.28. The first kappa shape index (κ1) is 12.5. The monoisotopic (exact) mass is 273 g/mol. The highest BCUT2D eigenvalue weighted by atomic mass is 16.5. The second-order valence-electron chi connectivity index (χ2n) is 4.81. The molecule has 6 nitrogen and oxygen atoms in total. The molecule has 1 aromatic heterocycles. The number of fused-ring (bicyclic) bond motifs is 1. The zero-order valence-corrected chi connectivity index (χ0v) is 11.3. The maximum atomic E-state index is 11.8. The summed E-state index contributed by atoms with van der Waals surface area (Å²) in [4.78, 5) is 11.8. The Bertz CT molecular complexity index is 678. The Hall–Kier alpha value is -2.50. The van der Waals surface area contributed by atoms with Gasteiger partial charge in [-0.3, -0.25) is 9.48 Å². The molecular formula is C14H15N3O3. The minimum atomic E-state index is -0.107. The molecule has 6 heteroatoms. The molecule has 1 aliphatic rings. The molecule has 2 N–H and O–H groups in total. The molecule has 0 unspecified atom stereocenters. The average molecular weight is 273 g/mol. The Morgan fingerprint density at radius 2 is 2.30 bits per heavy atom. The Morgan fingerprint density at radius 1 is 1.50 bits per heavy atom. The van der Waals surface area contributed by atoms with Crippen LogP contribution in [-0.2, 0) is 11.8 Å². The minimum Gasteiger partial charge on any atom is -0.504 e. The summed E-state index contributed by atoms with van der Waals surface area (Å²) in [6.07, 6.45) is 2.09. The molecule has 0 aliphatic carbocycles. The molecule has 3 rings (SSSR count). The van der Waals surface area contributed by atoms with Crippen LogP contribution in [0.15, 0.2) is 24.4 Å². The van der Waals surface area contributed by atoms with E-state index >= 15 is 0 Å². The van der Waals surface area contributed by atoms with E-state index in [0.717, 1.165) is 11.1 Å². The third-order valence-electron chi connectivity index (χ3n) is 3.60. The predicted molar refractivity (Wildman–Crippen MR) is 73.0 cm³/mol. The number of nitrogens with zero attached hydrogens (tertiary/aromatic N) is 2. The molecule has 20 heavy (non-hydrogen) atoms. The summed E-state index contributed by atoms with van der Waals surface area (Å²) >= 11 is 0. The number of hydrogen-bond donors (Lipinski definition) is 2. The molecule has 0 saturated carbocycles. The lowest BCUT2D eigenvalue weighted by molar-refractivity contribution is -0.116. The lowest BCUT2D eigenvalue weighted by Crippen LogP contribution is -2.24. The molecule has 1 amide bonds. The molecule has 0 spiro atoms. The minimum absolute atomic E-state index is 0.0543. The molecule has 2 heterocycles. The van der Waals surface area contributed by atoms with Crippen LogP contribution in [-0.4, -0.2) is 27.9 Å². The molecule has 0 fully saturated rings. The van der Waals surface area contributed by atoms with Crippen LogP contribution in [0.2, 0.25) is 0 Å². The Labute approximate surface area is 116 Å². The van der Waals surface area contributed by atoms with Gasteiger partial charge in [-0.2, -0.15) is 5.10 Å². The van der Waals surface area contributed by atoms with Gasteiger partial charge in [0.1, 0.15) is 5.82 Å². The predicted octanol–water partition coefficient (Wildman–Crippen LogP) is 1.61. The first-order valence-electron chi connectivity index (χ1n) is 6.28. The van der Waals surface area contributed by atoms with E-state index < -0.39 is 0 Å². The van der Waals surface area contributed by atoms with Crippen LogP contribution in [0.25, 0.3) is 0 Å². The van der Waals surface area contributed by atoms with Crippen LogP contribution in [0.3, 0.4) is 0 Å². The fourth-order valence-electron chi connectivity index (χ4n) is 2.56. The largest absolute Gasteiger partial charge is 0.504 e. The number of anilines is 1. The Morgan fingerprint density at radius 3 is 3.00 bits per heavy atom. The third-order valence-corrected chi connectivity index (χ3v) is 3.60. The number of aromatic hydroxyl groups is 1. The highest BCUT2D eigenvalue weighted by Gasteiger charge is 2.29. The summed E-state index contributed by atoms with van der Waals surface area (Å²) in [5.74, 6) is 1.04. The van der Waals surface area contributed by atoms with Crippen molar-refractivity contribution in [3.63, 3.8) is 0 Å². The molecule has 2 aromatic rings. The van der Waals surface area contributed by atoms with Gasteiger partial charge in [0.05, 0.1) is 13.3 Å². The third kappa shape index (κ3) is 1.89. The van der Waals surface area contributed by atoms with Crippen LogP contribution in [0.4, 0.5) is 5.82 Å². The van der Waals surface area contributed by atoms with E-state index in [1.54, 1.807) is 30.1 Å².